The molecule has 0 bridgehead atoms. The number of aliphatic carboxylic acids is 2. The Morgan fingerprint density at radius 2 is 1.17 bits per heavy atom. The number of hydrazine groups is 2. The minimum Gasteiger partial charge on any atom is -0.478 e. The molecule has 0 radical (unpaired) electrons. The summed E-state index contributed by atoms with van der Waals surface area (Å²) in [4.78, 5) is 21.4. The molecule has 3 N–H and O–H groups in total. The summed E-state index contributed by atoms with van der Waals surface area (Å²) in [5, 5.41) is 22.4. The third-order valence-corrected chi connectivity index (χ3v) is 3.45. The summed E-state index contributed by atoms with van der Waals surface area (Å²) in [7, 11) is 8.72. The molecule has 0 aliphatic carbocycles. The van der Waals surface area contributed by atoms with Gasteiger partial charge in [-0.3, -0.25) is 10.0 Å². The van der Waals surface area contributed by atoms with Crippen molar-refractivity contribution in [2.45, 2.75) is 38.9 Å². The van der Waals surface area contributed by atoms with Gasteiger partial charge in [0.25, 0.3) is 0 Å². The molecule has 0 aromatic rings. The Labute approximate surface area is 197 Å². The van der Waals surface area contributed by atoms with Gasteiger partial charge in [-0.15, -0.1) is 0 Å². The van der Waals surface area contributed by atoms with Crippen molar-refractivity contribution in [3.05, 3.63) is 24.9 Å². The van der Waals surface area contributed by atoms with Crippen LogP contribution in [-0.4, -0.2) is 83.6 Å². The van der Waals surface area contributed by atoms with E-state index in [1.807, 2.05) is 14.1 Å². The standard InChI is InChI=1S/C9H18N2O3.C8H16N2O3.I2/c1-7(11(6)10(4)5)14-9(2,3)8(12)13;1-6(10(5)9-4)13-8(2,3)7(11)12;1-2/h1H2,2-6H3,(H,12,13);9H,1H2,2-5H3,(H,11,12);. The van der Waals surface area contributed by atoms with Crippen LogP contribution in [0.3, 0.4) is 0 Å². The van der Waals surface area contributed by atoms with Crippen molar-refractivity contribution in [1.82, 2.24) is 20.5 Å². The highest BCUT2D eigenvalue weighted by molar-refractivity contribution is 15.0. The molecule has 0 spiro atoms. The van der Waals surface area contributed by atoms with E-state index < -0.39 is 23.1 Å². The van der Waals surface area contributed by atoms with Gasteiger partial charge < -0.3 is 19.7 Å². The third-order valence-electron chi connectivity index (χ3n) is 3.45. The molecule has 10 nitrogen and oxygen atoms in total. The maximum atomic E-state index is 10.8. The summed E-state index contributed by atoms with van der Waals surface area (Å²) < 4.78 is 10.3. The maximum absolute atomic E-state index is 10.8. The Morgan fingerprint density at radius 3 is 1.41 bits per heavy atom. The van der Waals surface area contributed by atoms with E-state index in [1.165, 1.54) is 32.7 Å². The smallest absolute Gasteiger partial charge is 0.347 e. The first-order chi connectivity index (χ1) is 13.0. The molecular weight excluding hydrogens is 610 g/mol. The zero-order valence-electron chi connectivity index (χ0n) is 18.5. The average molecular weight is 644 g/mol. The number of nitrogens with one attached hydrogen (secondary N) is 1. The molecule has 0 aromatic carbocycles. The number of hydrogen-bond acceptors (Lipinski definition) is 8. The van der Waals surface area contributed by atoms with Crippen molar-refractivity contribution in [3.8, 4) is 0 Å². The van der Waals surface area contributed by atoms with E-state index >= 15 is 0 Å². The van der Waals surface area contributed by atoms with E-state index in [2.05, 4.69) is 55.8 Å². The van der Waals surface area contributed by atoms with Crippen molar-refractivity contribution in [3.63, 3.8) is 0 Å². The van der Waals surface area contributed by atoms with Gasteiger partial charge in [-0.05, 0) is 40.9 Å². The molecule has 0 amide bonds. The topological polar surface area (TPSA) is 115 Å². The predicted molar refractivity (Wildman–Crippen MR) is 130 cm³/mol. The number of nitrogens with zero attached hydrogens (tertiary/aromatic N) is 3. The van der Waals surface area contributed by atoms with Gasteiger partial charge in [0.1, 0.15) is 0 Å². The van der Waals surface area contributed by atoms with E-state index in [1.54, 1.807) is 31.2 Å². The Hall–Kier alpha value is -1.00. The first-order valence-electron chi connectivity index (χ1n) is 8.18. The molecule has 0 fully saturated rings. The van der Waals surface area contributed by atoms with E-state index in [0.717, 1.165) is 0 Å². The van der Waals surface area contributed by atoms with Crippen molar-refractivity contribution < 1.29 is 29.3 Å². The SMILES string of the molecule is C=C(OC(C)(C)C(=O)O)N(C)N(C)C.C=C(OC(C)(C)C(=O)O)N(C)NC.II. The minimum absolute atomic E-state index is 0.259. The van der Waals surface area contributed by atoms with Crippen LogP contribution in [0.5, 0.6) is 0 Å². The van der Waals surface area contributed by atoms with E-state index in [0.29, 0.717) is 5.88 Å². The number of carbonyl (C=O) groups is 2. The Balaban J connectivity index is -0.000000430. The first-order valence-corrected chi connectivity index (χ1v) is 14.5. The van der Waals surface area contributed by atoms with Gasteiger partial charge in [-0.25, -0.2) is 20.0 Å². The third kappa shape index (κ3) is 13.8. The van der Waals surface area contributed by atoms with Gasteiger partial charge in [0.2, 0.25) is 11.2 Å². The number of rotatable bonds is 10. The van der Waals surface area contributed by atoms with Gasteiger partial charge >= 0.3 is 11.9 Å². The molecule has 0 aromatic heterocycles. The second-order valence-corrected chi connectivity index (χ2v) is 6.78. The van der Waals surface area contributed by atoms with Crippen LogP contribution in [0.25, 0.3) is 0 Å². The van der Waals surface area contributed by atoms with Gasteiger partial charge in [0, 0.05) is 72.5 Å². The molecule has 0 aliphatic heterocycles. The Morgan fingerprint density at radius 1 is 0.862 bits per heavy atom. The van der Waals surface area contributed by atoms with Crippen LogP contribution in [0.15, 0.2) is 24.9 Å². The summed E-state index contributed by atoms with van der Waals surface area (Å²) >= 11 is 4.24. The molecule has 0 saturated heterocycles. The van der Waals surface area contributed by atoms with Crippen molar-refractivity contribution in [1.29, 1.82) is 0 Å². The summed E-state index contributed by atoms with van der Waals surface area (Å²) in [6.45, 7) is 13.1. The van der Waals surface area contributed by atoms with E-state index in [9.17, 15) is 9.59 Å². The summed E-state index contributed by atoms with van der Waals surface area (Å²) in [5.41, 5.74) is 0.218. The van der Waals surface area contributed by atoms with Crippen molar-refractivity contribution >= 4 is 49.2 Å². The van der Waals surface area contributed by atoms with Crippen molar-refractivity contribution in [2.24, 2.45) is 0 Å². The lowest BCUT2D eigenvalue weighted by molar-refractivity contribution is -0.161. The summed E-state index contributed by atoms with van der Waals surface area (Å²) in [6, 6.07) is 0. The van der Waals surface area contributed by atoms with E-state index in [4.69, 9.17) is 19.7 Å². The lowest BCUT2D eigenvalue weighted by Gasteiger charge is -2.32. The molecular formula is C17H34I2N4O6. The predicted octanol–water partition coefficient (Wildman–Crippen LogP) is 2.92. The molecule has 172 valence electrons. The highest BCUT2D eigenvalue weighted by atomic mass is 128. The number of hydrogen-bond donors (Lipinski definition) is 3. The molecule has 0 rings (SSSR count). The van der Waals surface area contributed by atoms with Crippen LogP contribution in [0.1, 0.15) is 27.7 Å². The number of carboxylic acids is 2. The Kier molecular flexibility index (Phi) is 16.8. The minimum atomic E-state index is -1.26. The fourth-order valence-electron chi connectivity index (χ4n) is 1.16. The van der Waals surface area contributed by atoms with Gasteiger partial charge in [-0.2, -0.15) is 0 Å². The molecule has 0 atom stereocenters. The van der Waals surface area contributed by atoms with Crippen LogP contribution in [0.4, 0.5) is 0 Å². The van der Waals surface area contributed by atoms with Crippen LogP contribution >= 0.6 is 37.2 Å². The van der Waals surface area contributed by atoms with Gasteiger partial charge in [0.05, 0.1) is 0 Å². The number of halogens is 2. The highest BCUT2D eigenvalue weighted by Gasteiger charge is 2.31. The molecule has 12 heteroatoms. The van der Waals surface area contributed by atoms with Crippen LogP contribution < -0.4 is 5.43 Å². The van der Waals surface area contributed by atoms with Crippen molar-refractivity contribution in [2.75, 3.05) is 35.2 Å². The lowest BCUT2D eigenvalue weighted by atomic mass is 10.1. The molecule has 29 heavy (non-hydrogen) atoms. The monoisotopic (exact) mass is 644 g/mol. The van der Waals surface area contributed by atoms with Crippen LogP contribution in [0, 0.1) is 0 Å². The molecule has 0 unspecified atom stereocenters. The number of ether oxygens (including phenoxy) is 2. The molecule has 0 heterocycles. The number of carboxylic acid groups (broad SMARTS) is 2. The van der Waals surface area contributed by atoms with Gasteiger partial charge in [-0.1, -0.05) is 0 Å². The van der Waals surface area contributed by atoms with Gasteiger partial charge in [0.15, 0.2) is 11.8 Å². The maximum Gasteiger partial charge on any atom is 0.347 e. The van der Waals surface area contributed by atoms with Crippen LogP contribution in [-0.2, 0) is 19.1 Å². The highest BCUT2D eigenvalue weighted by Crippen LogP contribution is 2.16. The average Bonchev–Trinajstić information content (AvgIpc) is 2.61. The first kappa shape index (κ1) is 32.7. The fraction of sp³-hybridized carbons (Fsp3) is 0.647. The summed E-state index contributed by atoms with van der Waals surface area (Å²) in [6.07, 6.45) is 0. The summed E-state index contributed by atoms with van der Waals surface area (Å²) in [5.74, 6) is -1.50. The van der Waals surface area contributed by atoms with Crippen LogP contribution in [0.2, 0.25) is 0 Å². The lowest BCUT2D eigenvalue weighted by Crippen LogP contribution is -2.40. The quantitative estimate of drug-likeness (QED) is 0.187. The molecule has 0 aliphatic rings. The zero-order valence-corrected chi connectivity index (χ0v) is 22.9. The zero-order chi connectivity index (χ0) is 24.2. The second-order valence-electron chi connectivity index (χ2n) is 6.78. The Bertz CT molecular complexity index is 556. The second kappa shape index (κ2) is 14.9. The molecule has 0 saturated carbocycles. The van der Waals surface area contributed by atoms with E-state index in [-0.39, 0.29) is 5.88 Å². The normalized spacial score (nSPS) is 10.5. The largest absolute Gasteiger partial charge is 0.478 e. The fourth-order valence-corrected chi connectivity index (χ4v) is 1.16.